The van der Waals surface area contributed by atoms with Crippen LogP contribution in [0, 0.1) is 0 Å². The van der Waals surface area contributed by atoms with Crippen molar-refractivity contribution in [2.45, 2.75) is 0 Å². The molecule has 0 saturated carbocycles. The second-order valence-corrected chi connectivity index (χ2v) is 12.9. The lowest BCUT2D eigenvalue weighted by molar-refractivity contribution is 0.669. The highest BCUT2D eigenvalue weighted by molar-refractivity contribution is 6.10. The predicted octanol–water partition coefficient (Wildman–Crippen LogP) is 13.2. The van der Waals surface area contributed by atoms with Gasteiger partial charge in [0.05, 0.1) is 17.4 Å². The number of pyridine rings is 1. The van der Waals surface area contributed by atoms with E-state index in [1.165, 1.54) is 43.8 Å². The molecule has 0 aliphatic carbocycles. The van der Waals surface area contributed by atoms with Gasteiger partial charge in [0.1, 0.15) is 11.2 Å². The van der Waals surface area contributed by atoms with Gasteiger partial charge in [-0.15, -0.1) is 0 Å². The highest BCUT2D eigenvalue weighted by Crippen LogP contribution is 2.39. The molecule has 3 heteroatoms. The summed E-state index contributed by atoms with van der Waals surface area (Å²) in [4.78, 5) is 7.27. The van der Waals surface area contributed by atoms with E-state index >= 15 is 0 Å². The summed E-state index contributed by atoms with van der Waals surface area (Å²) in [5, 5.41) is 8.27. The first-order chi connectivity index (χ1) is 24.7. The summed E-state index contributed by atoms with van der Waals surface area (Å²) in [6, 6.07) is 62.6. The van der Waals surface area contributed by atoms with Crippen molar-refractivity contribution in [3.05, 3.63) is 182 Å². The lowest BCUT2D eigenvalue weighted by Crippen LogP contribution is -2.10. The van der Waals surface area contributed by atoms with Crippen LogP contribution < -0.4 is 4.90 Å². The molecule has 3 nitrogen and oxygen atoms in total. The molecule has 0 bridgehead atoms. The molecule has 0 unspecified atom stereocenters. The molecule has 2 aromatic heterocycles. The molecule has 0 atom stereocenters. The smallest absolute Gasteiger partial charge is 0.136 e. The summed E-state index contributed by atoms with van der Waals surface area (Å²) in [6.45, 7) is 0. The van der Waals surface area contributed by atoms with Crippen molar-refractivity contribution in [3.8, 4) is 22.3 Å². The molecule has 10 aromatic rings. The fourth-order valence-corrected chi connectivity index (χ4v) is 7.32. The summed E-state index contributed by atoms with van der Waals surface area (Å²) in [6.07, 6.45) is 1.98. The number of para-hydroxylation sites is 1. The number of rotatable bonds is 5. The van der Waals surface area contributed by atoms with E-state index in [0.717, 1.165) is 49.9 Å². The lowest BCUT2D eigenvalue weighted by atomic mass is 9.97. The number of fused-ring (bicyclic) bond motifs is 7. The molecule has 2 heterocycles. The van der Waals surface area contributed by atoms with Crippen LogP contribution >= 0.6 is 0 Å². The molecule has 234 valence electrons. The molecule has 8 aromatic carbocycles. The topological polar surface area (TPSA) is 29.3 Å². The van der Waals surface area contributed by atoms with Crippen LogP contribution in [0.2, 0.25) is 0 Å². The van der Waals surface area contributed by atoms with Crippen molar-refractivity contribution in [2.24, 2.45) is 0 Å². The fourth-order valence-electron chi connectivity index (χ4n) is 7.32. The highest BCUT2D eigenvalue weighted by atomic mass is 16.3. The van der Waals surface area contributed by atoms with Gasteiger partial charge in [-0.2, -0.15) is 0 Å². The zero-order chi connectivity index (χ0) is 33.0. The van der Waals surface area contributed by atoms with E-state index in [0.29, 0.717) is 0 Å². The van der Waals surface area contributed by atoms with Gasteiger partial charge in [0.15, 0.2) is 0 Å². The Labute approximate surface area is 289 Å². The highest BCUT2D eigenvalue weighted by Gasteiger charge is 2.16. The molecule has 0 radical (unpaired) electrons. The fraction of sp³-hybridized carbons (Fsp3) is 0. The number of hydrogen-bond acceptors (Lipinski definition) is 3. The number of benzene rings is 8. The van der Waals surface area contributed by atoms with Crippen LogP contribution in [0.1, 0.15) is 0 Å². The number of anilines is 3. The number of nitrogens with zero attached hydrogens (tertiary/aromatic N) is 2. The number of hydrogen-bond donors (Lipinski definition) is 0. The maximum atomic E-state index is 6.25. The summed E-state index contributed by atoms with van der Waals surface area (Å²) in [5.41, 5.74) is 10.5. The van der Waals surface area contributed by atoms with E-state index in [2.05, 4.69) is 163 Å². The van der Waals surface area contributed by atoms with Crippen LogP contribution in [0.15, 0.2) is 187 Å². The van der Waals surface area contributed by atoms with Gasteiger partial charge >= 0.3 is 0 Å². The maximum Gasteiger partial charge on any atom is 0.136 e. The van der Waals surface area contributed by atoms with Crippen LogP contribution in [0.5, 0.6) is 0 Å². The average Bonchev–Trinajstić information content (AvgIpc) is 3.55. The van der Waals surface area contributed by atoms with Crippen LogP contribution in [-0.2, 0) is 0 Å². The number of aromatic nitrogens is 1. The molecule has 0 fully saturated rings. The van der Waals surface area contributed by atoms with E-state index < -0.39 is 0 Å². The third kappa shape index (κ3) is 4.79. The minimum absolute atomic E-state index is 0.865. The Morgan fingerprint density at radius 2 is 0.960 bits per heavy atom. The summed E-state index contributed by atoms with van der Waals surface area (Å²) in [7, 11) is 0. The third-order valence-corrected chi connectivity index (χ3v) is 9.86. The number of furan rings is 1. The molecule has 0 aliphatic heterocycles. The molecule has 0 N–H and O–H groups in total. The van der Waals surface area contributed by atoms with Crippen LogP contribution in [0.3, 0.4) is 0 Å². The Morgan fingerprint density at radius 3 is 1.74 bits per heavy atom. The lowest BCUT2D eigenvalue weighted by Gasteiger charge is -2.26. The zero-order valence-corrected chi connectivity index (χ0v) is 27.1. The van der Waals surface area contributed by atoms with Crippen LogP contribution in [0.25, 0.3) is 76.6 Å². The van der Waals surface area contributed by atoms with Gasteiger partial charge < -0.3 is 9.32 Å². The second-order valence-electron chi connectivity index (χ2n) is 12.9. The minimum atomic E-state index is 0.865. The van der Waals surface area contributed by atoms with E-state index in [1.54, 1.807) is 0 Å². The Balaban J connectivity index is 1.08. The summed E-state index contributed by atoms with van der Waals surface area (Å²) in [5.74, 6) is 0. The monoisotopic (exact) mass is 638 g/mol. The molecular weight excluding hydrogens is 609 g/mol. The molecule has 50 heavy (non-hydrogen) atoms. The van der Waals surface area contributed by atoms with Crippen molar-refractivity contribution < 1.29 is 4.42 Å². The quantitative estimate of drug-likeness (QED) is 0.176. The van der Waals surface area contributed by atoms with Gasteiger partial charge in [-0.1, -0.05) is 121 Å². The van der Waals surface area contributed by atoms with Gasteiger partial charge in [0.2, 0.25) is 0 Å². The van der Waals surface area contributed by atoms with E-state index in [9.17, 15) is 0 Å². The van der Waals surface area contributed by atoms with Crippen LogP contribution in [0.4, 0.5) is 17.1 Å². The first kappa shape index (κ1) is 28.3. The molecular formula is C47H30N2O. The molecule has 0 spiro atoms. The second kappa shape index (κ2) is 11.5. The van der Waals surface area contributed by atoms with Gasteiger partial charge in [0, 0.05) is 27.5 Å². The normalized spacial score (nSPS) is 11.6. The van der Waals surface area contributed by atoms with Gasteiger partial charge in [-0.25, -0.2) is 0 Å². The van der Waals surface area contributed by atoms with Gasteiger partial charge in [-0.05, 0) is 98.4 Å². The van der Waals surface area contributed by atoms with Gasteiger partial charge in [0.25, 0.3) is 0 Å². The predicted molar refractivity (Wildman–Crippen MR) is 210 cm³/mol. The van der Waals surface area contributed by atoms with Gasteiger partial charge in [-0.3, -0.25) is 4.98 Å². The van der Waals surface area contributed by atoms with Crippen molar-refractivity contribution >= 4 is 71.4 Å². The SMILES string of the molecule is c1ccc(-c2ccc(N(c3ccc(-c4ccc5ccc6ccccc6c5c4)cc3)c3cnc4cc5c(cc4c3)oc3ccccc35)cc2)cc1. The Bertz CT molecular complexity index is 2850. The van der Waals surface area contributed by atoms with E-state index in [-0.39, 0.29) is 0 Å². The Kier molecular flexibility index (Phi) is 6.49. The standard InChI is InChI=1S/C47H30N2O/c1-2-8-31(9-3-1)32-18-22-38(23-19-32)49(40-26-37-28-47-44(29-45(37)48-30-40)42-12-6-7-13-46(42)50-47)39-24-20-33(21-25-39)36-17-16-35-15-14-34-10-4-5-11-41(34)43(35)27-36/h1-30H. The Morgan fingerprint density at radius 1 is 0.360 bits per heavy atom. The summed E-state index contributed by atoms with van der Waals surface area (Å²) >= 11 is 0. The first-order valence-corrected chi connectivity index (χ1v) is 16.9. The average molecular weight is 639 g/mol. The van der Waals surface area contributed by atoms with Crippen molar-refractivity contribution in [1.29, 1.82) is 0 Å². The Hall–Kier alpha value is -6.71. The minimum Gasteiger partial charge on any atom is -0.456 e. The van der Waals surface area contributed by atoms with Crippen molar-refractivity contribution in [2.75, 3.05) is 4.90 Å². The maximum absolute atomic E-state index is 6.25. The molecule has 0 aliphatic rings. The molecule has 0 amide bonds. The van der Waals surface area contributed by atoms with Crippen molar-refractivity contribution in [1.82, 2.24) is 4.98 Å². The third-order valence-electron chi connectivity index (χ3n) is 9.86. The first-order valence-electron chi connectivity index (χ1n) is 16.9. The molecule has 0 saturated heterocycles. The zero-order valence-electron chi connectivity index (χ0n) is 27.1. The summed E-state index contributed by atoms with van der Waals surface area (Å²) < 4.78 is 6.25. The molecule has 10 rings (SSSR count). The van der Waals surface area contributed by atoms with Crippen molar-refractivity contribution in [3.63, 3.8) is 0 Å². The largest absolute Gasteiger partial charge is 0.456 e. The van der Waals surface area contributed by atoms with E-state index in [1.807, 2.05) is 24.4 Å². The van der Waals surface area contributed by atoms with E-state index in [4.69, 9.17) is 9.40 Å². The van der Waals surface area contributed by atoms with Crippen LogP contribution in [-0.4, -0.2) is 4.98 Å².